The normalized spacial score (nSPS) is 15.7. The van der Waals surface area contributed by atoms with E-state index in [0.29, 0.717) is 5.69 Å². The standard InChI is InChI=1S/C8H8N2O2/c9-7-5-10-2-1-6(7)8-11-3-4-12-8/h1-5,8H,9H2. The van der Waals surface area contributed by atoms with Gasteiger partial charge in [-0.05, 0) is 6.07 Å². The third-order valence-corrected chi connectivity index (χ3v) is 1.60. The van der Waals surface area contributed by atoms with E-state index in [1.54, 1.807) is 18.5 Å². The second-order valence-electron chi connectivity index (χ2n) is 2.38. The molecular weight excluding hydrogens is 156 g/mol. The van der Waals surface area contributed by atoms with Crippen molar-refractivity contribution in [1.82, 2.24) is 4.98 Å². The van der Waals surface area contributed by atoms with Crippen LogP contribution in [0.5, 0.6) is 0 Å². The van der Waals surface area contributed by atoms with E-state index < -0.39 is 6.29 Å². The van der Waals surface area contributed by atoms with Gasteiger partial charge >= 0.3 is 0 Å². The first-order valence-electron chi connectivity index (χ1n) is 3.53. The molecule has 0 amide bonds. The number of rotatable bonds is 1. The molecule has 0 saturated carbocycles. The minimum absolute atomic E-state index is 0.409. The van der Waals surface area contributed by atoms with Gasteiger partial charge in [0.05, 0.1) is 17.4 Å². The number of nitrogens with zero attached hydrogens (tertiary/aromatic N) is 1. The Kier molecular flexibility index (Phi) is 1.59. The zero-order chi connectivity index (χ0) is 8.39. The summed E-state index contributed by atoms with van der Waals surface area (Å²) in [5, 5.41) is 0. The van der Waals surface area contributed by atoms with Gasteiger partial charge in [0, 0.05) is 6.20 Å². The van der Waals surface area contributed by atoms with Crippen LogP contribution in [0.4, 0.5) is 5.69 Å². The summed E-state index contributed by atoms with van der Waals surface area (Å²) in [7, 11) is 0. The molecule has 62 valence electrons. The van der Waals surface area contributed by atoms with Gasteiger partial charge in [0.1, 0.15) is 12.5 Å². The molecule has 1 aromatic rings. The Morgan fingerprint density at radius 3 is 2.75 bits per heavy atom. The number of anilines is 1. The van der Waals surface area contributed by atoms with Crippen molar-refractivity contribution in [2.24, 2.45) is 0 Å². The predicted molar refractivity (Wildman–Crippen MR) is 42.7 cm³/mol. The predicted octanol–water partition coefficient (Wildman–Crippen LogP) is 1.18. The number of nitrogen functional groups attached to an aromatic ring is 1. The van der Waals surface area contributed by atoms with Gasteiger partial charge in [0.15, 0.2) is 0 Å². The van der Waals surface area contributed by atoms with Gasteiger partial charge in [-0.25, -0.2) is 0 Å². The highest BCUT2D eigenvalue weighted by Gasteiger charge is 2.17. The maximum atomic E-state index is 5.65. The van der Waals surface area contributed by atoms with Gasteiger partial charge in [-0.1, -0.05) is 0 Å². The average molecular weight is 164 g/mol. The van der Waals surface area contributed by atoms with Crippen LogP contribution in [-0.2, 0) is 9.47 Å². The molecule has 4 nitrogen and oxygen atoms in total. The first-order chi connectivity index (χ1) is 5.88. The molecule has 0 aromatic carbocycles. The lowest BCUT2D eigenvalue weighted by Crippen LogP contribution is -2.02. The summed E-state index contributed by atoms with van der Waals surface area (Å²) in [5.74, 6) is 0. The van der Waals surface area contributed by atoms with Crippen LogP contribution in [-0.4, -0.2) is 4.98 Å². The number of nitrogens with two attached hydrogens (primary N) is 1. The summed E-state index contributed by atoms with van der Waals surface area (Å²) < 4.78 is 10.2. The summed E-state index contributed by atoms with van der Waals surface area (Å²) in [5.41, 5.74) is 7.03. The van der Waals surface area contributed by atoms with Crippen molar-refractivity contribution in [3.05, 3.63) is 36.5 Å². The van der Waals surface area contributed by atoms with Gasteiger partial charge < -0.3 is 15.2 Å². The molecule has 1 aromatic heterocycles. The fraction of sp³-hybridized carbons (Fsp3) is 0.125. The Balaban J connectivity index is 2.27. The highest BCUT2D eigenvalue weighted by atomic mass is 16.7. The molecule has 0 aliphatic carbocycles. The van der Waals surface area contributed by atoms with E-state index in [2.05, 4.69) is 4.98 Å². The molecule has 0 atom stereocenters. The van der Waals surface area contributed by atoms with Crippen LogP contribution in [0.1, 0.15) is 11.9 Å². The Morgan fingerprint density at radius 1 is 1.33 bits per heavy atom. The molecule has 2 rings (SSSR count). The van der Waals surface area contributed by atoms with Crippen molar-refractivity contribution in [3.63, 3.8) is 0 Å². The summed E-state index contributed by atoms with van der Waals surface area (Å²) in [6.45, 7) is 0. The minimum atomic E-state index is -0.409. The van der Waals surface area contributed by atoms with Crippen molar-refractivity contribution in [2.45, 2.75) is 6.29 Å². The molecule has 0 spiro atoms. The average Bonchev–Trinajstić information content (AvgIpc) is 2.57. The first kappa shape index (κ1) is 6.97. The Bertz CT molecular complexity index is 304. The maximum absolute atomic E-state index is 5.65. The van der Waals surface area contributed by atoms with E-state index in [1.165, 1.54) is 12.5 Å². The van der Waals surface area contributed by atoms with Crippen molar-refractivity contribution in [2.75, 3.05) is 5.73 Å². The van der Waals surface area contributed by atoms with Gasteiger partial charge in [-0.3, -0.25) is 4.98 Å². The molecule has 1 aliphatic rings. The molecule has 4 heteroatoms. The molecular formula is C8H8N2O2. The van der Waals surface area contributed by atoms with Gasteiger partial charge in [0.25, 0.3) is 6.29 Å². The van der Waals surface area contributed by atoms with Crippen LogP contribution in [0.25, 0.3) is 0 Å². The largest absolute Gasteiger partial charge is 0.455 e. The van der Waals surface area contributed by atoms with Crippen LogP contribution in [0.3, 0.4) is 0 Å². The van der Waals surface area contributed by atoms with E-state index >= 15 is 0 Å². The van der Waals surface area contributed by atoms with E-state index in [4.69, 9.17) is 15.2 Å². The second-order valence-corrected chi connectivity index (χ2v) is 2.38. The van der Waals surface area contributed by atoms with Crippen molar-refractivity contribution in [1.29, 1.82) is 0 Å². The molecule has 0 radical (unpaired) electrons. The topological polar surface area (TPSA) is 57.4 Å². The second kappa shape index (κ2) is 2.73. The Labute approximate surface area is 69.6 Å². The van der Waals surface area contributed by atoms with Crippen LogP contribution in [0.15, 0.2) is 31.0 Å². The van der Waals surface area contributed by atoms with Crippen LogP contribution in [0.2, 0.25) is 0 Å². The third-order valence-electron chi connectivity index (χ3n) is 1.60. The lowest BCUT2D eigenvalue weighted by Gasteiger charge is -2.11. The molecule has 0 fully saturated rings. The zero-order valence-electron chi connectivity index (χ0n) is 6.31. The van der Waals surface area contributed by atoms with Crippen molar-refractivity contribution >= 4 is 5.69 Å². The molecule has 2 heterocycles. The summed E-state index contributed by atoms with van der Waals surface area (Å²) in [4.78, 5) is 3.86. The smallest absolute Gasteiger partial charge is 0.268 e. The third kappa shape index (κ3) is 1.07. The highest BCUT2D eigenvalue weighted by molar-refractivity contribution is 5.44. The molecule has 2 N–H and O–H groups in total. The number of aromatic nitrogens is 1. The van der Waals surface area contributed by atoms with Gasteiger partial charge in [-0.15, -0.1) is 0 Å². The SMILES string of the molecule is Nc1cnccc1C1OC=CO1. The quantitative estimate of drug-likeness (QED) is 0.677. The van der Waals surface area contributed by atoms with E-state index in [9.17, 15) is 0 Å². The molecule has 12 heavy (non-hydrogen) atoms. The highest BCUT2D eigenvalue weighted by Crippen LogP contribution is 2.27. The molecule has 0 unspecified atom stereocenters. The Hall–Kier alpha value is -1.71. The lowest BCUT2D eigenvalue weighted by atomic mass is 10.2. The Morgan fingerprint density at radius 2 is 2.08 bits per heavy atom. The summed E-state index contributed by atoms with van der Waals surface area (Å²) >= 11 is 0. The fourth-order valence-corrected chi connectivity index (χ4v) is 1.02. The van der Waals surface area contributed by atoms with E-state index in [1.807, 2.05) is 0 Å². The first-order valence-corrected chi connectivity index (χ1v) is 3.53. The monoisotopic (exact) mass is 164 g/mol. The van der Waals surface area contributed by atoms with Crippen LogP contribution in [0, 0.1) is 0 Å². The van der Waals surface area contributed by atoms with Gasteiger partial charge in [-0.2, -0.15) is 0 Å². The zero-order valence-corrected chi connectivity index (χ0v) is 6.31. The maximum Gasteiger partial charge on any atom is 0.268 e. The number of hydrogen-bond donors (Lipinski definition) is 1. The number of hydrogen-bond acceptors (Lipinski definition) is 4. The summed E-state index contributed by atoms with van der Waals surface area (Å²) in [6.07, 6.45) is 5.79. The van der Waals surface area contributed by atoms with E-state index in [-0.39, 0.29) is 0 Å². The van der Waals surface area contributed by atoms with E-state index in [0.717, 1.165) is 5.56 Å². The fourth-order valence-electron chi connectivity index (χ4n) is 1.02. The number of pyridine rings is 1. The number of ether oxygens (including phenoxy) is 2. The van der Waals surface area contributed by atoms with Crippen molar-refractivity contribution < 1.29 is 9.47 Å². The molecule has 0 saturated heterocycles. The van der Waals surface area contributed by atoms with Crippen LogP contribution >= 0.6 is 0 Å². The van der Waals surface area contributed by atoms with Crippen molar-refractivity contribution in [3.8, 4) is 0 Å². The molecule has 0 bridgehead atoms. The summed E-state index contributed by atoms with van der Waals surface area (Å²) in [6, 6.07) is 1.77. The van der Waals surface area contributed by atoms with Gasteiger partial charge in [0.2, 0.25) is 0 Å². The molecule has 1 aliphatic heterocycles. The van der Waals surface area contributed by atoms with Crippen LogP contribution < -0.4 is 5.73 Å². The minimum Gasteiger partial charge on any atom is -0.455 e. The lowest BCUT2D eigenvalue weighted by molar-refractivity contribution is -0.0240.